The van der Waals surface area contributed by atoms with Gasteiger partial charge in [-0.3, -0.25) is 24.0 Å². The Bertz CT molecular complexity index is 2380. The first kappa shape index (κ1) is 50.7. The molecule has 0 unspecified atom stereocenters. The Morgan fingerprint density at radius 1 is 0.924 bits per heavy atom. The molecule has 0 fully saturated rings. The highest BCUT2D eigenvalue weighted by Gasteiger charge is 2.36. The predicted molar refractivity (Wildman–Crippen MR) is 252 cm³/mol. The molecule has 2 amide bonds. The van der Waals surface area contributed by atoms with Gasteiger partial charge in [0.15, 0.2) is 23.2 Å². The van der Waals surface area contributed by atoms with Gasteiger partial charge in [-0.1, -0.05) is 56.7 Å². The number of ketones is 3. The van der Waals surface area contributed by atoms with E-state index >= 15 is 0 Å². The molecule has 2 heterocycles. The lowest BCUT2D eigenvalue weighted by Crippen LogP contribution is -2.45. The van der Waals surface area contributed by atoms with Crippen LogP contribution < -0.4 is 32.0 Å². The first-order valence-electron chi connectivity index (χ1n) is 22.9. The van der Waals surface area contributed by atoms with Crippen molar-refractivity contribution in [1.29, 1.82) is 5.26 Å². The van der Waals surface area contributed by atoms with Crippen LogP contribution in [-0.4, -0.2) is 90.0 Å². The highest BCUT2D eigenvalue weighted by Crippen LogP contribution is 2.41. The van der Waals surface area contributed by atoms with E-state index in [4.69, 9.17) is 26.7 Å². The fourth-order valence-corrected chi connectivity index (χ4v) is 8.22. The van der Waals surface area contributed by atoms with E-state index in [-0.39, 0.29) is 88.5 Å². The summed E-state index contributed by atoms with van der Waals surface area (Å²) >= 11 is 0. The van der Waals surface area contributed by atoms with Crippen LogP contribution in [-0.2, 0) is 32.0 Å². The summed E-state index contributed by atoms with van der Waals surface area (Å²) in [7, 11) is 1.52. The predicted octanol–water partition coefficient (Wildman–Crippen LogP) is 5.77. The van der Waals surface area contributed by atoms with Gasteiger partial charge in [-0.05, 0) is 86.5 Å². The van der Waals surface area contributed by atoms with Gasteiger partial charge in [0.1, 0.15) is 30.8 Å². The quantitative estimate of drug-likeness (QED) is 0.0726. The molecule has 0 spiro atoms. The van der Waals surface area contributed by atoms with E-state index in [1.54, 1.807) is 44.2 Å². The molecule has 0 saturated carbocycles. The average molecular weight is 901 g/mol. The van der Waals surface area contributed by atoms with Crippen molar-refractivity contribution in [3.05, 3.63) is 94.8 Å². The number of rotatable bonds is 21. The maximum absolute atomic E-state index is 14.9. The molecular weight excluding hydrogens is 837 g/mol. The third-order valence-corrected chi connectivity index (χ3v) is 11.9. The van der Waals surface area contributed by atoms with Crippen molar-refractivity contribution in [3.63, 3.8) is 0 Å². The van der Waals surface area contributed by atoms with Crippen molar-refractivity contribution in [3.8, 4) is 40.1 Å². The SMILES string of the molecule is CCCCc1ccc(-c2ncc(C(=O)C[C@@H](CCCN)C(=O)N(C)[C@@H]3C(=O)C[C@@H](C)C(=O)N[C@H](C(=O)CCC#N)Cc4ccc(OCCN)c(c4)-c4cc3ccc4OCCN)c(C)n2)cc1. The second-order valence-corrected chi connectivity index (χ2v) is 16.9. The summed E-state index contributed by atoms with van der Waals surface area (Å²) in [5.74, 6) is -2.53. The molecule has 1 aliphatic rings. The molecular formula is C51H64N8O7. The highest BCUT2D eigenvalue weighted by molar-refractivity contribution is 6.00. The van der Waals surface area contributed by atoms with Crippen molar-refractivity contribution in [2.24, 2.45) is 29.0 Å². The van der Waals surface area contributed by atoms with Crippen LogP contribution >= 0.6 is 0 Å². The molecule has 4 bridgehead atoms. The second-order valence-electron chi connectivity index (χ2n) is 16.9. The summed E-state index contributed by atoms with van der Waals surface area (Å²) < 4.78 is 12.3. The number of likely N-dealkylation sites (N-methyl/N-ethyl adjacent to an activating group) is 1. The Morgan fingerprint density at radius 2 is 1.61 bits per heavy atom. The molecule has 350 valence electrons. The van der Waals surface area contributed by atoms with Crippen molar-refractivity contribution in [1.82, 2.24) is 20.2 Å². The Balaban J connectivity index is 1.55. The number of amides is 2. The Labute approximate surface area is 387 Å². The molecule has 4 atom stereocenters. The highest BCUT2D eigenvalue weighted by atomic mass is 16.5. The number of hydrogen-bond acceptors (Lipinski definition) is 13. The number of Topliss-reactive ketones (excluding diaryl/α,β-unsaturated/α-hetero) is 3. The van der Waals surface area contributed by atoms with Crippen molar-refractivity contribution < 1.29 is 33.4 Å². The largest absolute Gasteiger partial charge is 0.492 e. The Morgan fingerprint density at radius 3 is 2.24 bits per heavy atom. The third kappa shape index (κ3) is 13.1. The van der Waals surface area contributed by atoms with Crippen LogP contribution in [0.4, 0.5) is 0 Å². The van der Waals surface area contributed by atoms with Crippen molar-refractivity contribution in [2.75, 3.05) is 39.9 Å². The van der Waals surface area contributed by atoms with Gasteiger partial charge < -0.3 is 36.9 Å². The summed E-state index contributed by atoms with van der Waals surface area (Å²) in [5.41, 5.74) is 22.7. The lowest BCUT2D eigenvalue weighted by atomic mass is 9.88. The number of ether oxygens (including phenoxy) is 2. The maximum Gasteiger partial charge on any atom is 0.226 e. The second kappa shape index (κ2) is 24.8. The smallest absolute Gasteiger partial charge is 0.226 e. The molecule has 1 aliphatic heterocycles. The van der Waals surface area contributed by atoms with Gasteiger partial charge in [-0.15, -0.1) is 0 Å². The molecule has 0 aliphatic carbocycles. The van der Waals surface area contributed by atoms with Gasteiger partial charge in [0.2, 0.25) is 11.8 Å². The average Bonchev–Trinajstić information content (AvgIpc) is 3.32. The minimum Gasteiger partial charge on any atom is -0.492 e. The molecule has 66 heavy (non-hydrogen) atoms. The maximum atomic E-state index is 14.9. The molecule has 15 nitrogen and oxygen atoms in total. The third-order valence-electron chi connectivity index (χ3n) is 11.9. The lowest BCUT2D eigenvalue weighted by molar-refractivity contribution is -0.142. The van der Waals surface area contributed by atoms with E-state index < -0.39 is 41.5 Å². The molecule has 7 N–H and O–H groups in total. The van der Waals surface area contributed by atoms with Crippen LogP contribution in [0.2, 0.25) is 0 Å². The van der Waals surface area contributed by atoms with Crippen LogP contribution in [0.3, 0.4) is 0 Å². The number of carbonyl (C=O) groups is 5. The van der Waals surface area contributed by atoms with E-state index in [1.165, 1.54) is 23.7 Å². The molecule has 5 rings (SSSR count). The number of nitrogens with one attached hydrogen (secondary N) is 1. The number of aromatic nitrogens is 2. The molecule has 1 aromatic heterocycles. The van der Waals surface area contributed by atoms with Gasteiger partial charge in [0, 0.05) is 80.5 Å². The normalized spacial score (nSPS) is 16.6. The number of fused-ring (bicyclic) bond motifs is 5. The number of nitrogens with zero attached hydrogens (tertiary/aromatic N) is 4. The number of hydrogen-bond donors (Lipinski definition) is 4. The molecule has 0 saturated heterocycles. The number of carbonyl (C=O) groups excluding carboxylic acids is 5. The fourth-order valence-electron chi connectivity index (χ4n) is 8.22. The number of unbranched alkanes of at least 4 members (excludes halogenated alkanes) is 1. The first-order chi connectivity index (χ1) is 31.8. The standard InChI is InChI=1S/C51H64N8O7/c1-5-6-9-34-12-15-36(16-13-34)49-56-31-41(33(3)57-49)44(61)30-38(10-7-20-52)51(64)59(4)48-37-17-19-47(66-25-23-55)40(29-37)39-27-35(14-18-46(39)65-24-22-54)28-42(43(60)11-8-21-53)58-50(63)32(2)26-45(48)62/h12-19,27,29,31-32,38,42,48H,5-11,20,22-26,28,30,52,54-55H2,1-4H3,(H,58,63)/t32-,38-,42+,48+/m1/s1. The summed E-state index contributed by atoms with van der Waals surface area (Å²) in [6, 6.07) is 18.4. The number of aryl methyl sites for hydroxylation is 2. The van der Waals surface area contributed by atoms with E-state index in [1.807, 2.05) is 24.3 Å². The molecule has 4 aromatic rings. The van der Waals surface area contributed by atoms with E-state index in [9.17, 15) is 29.2 Å². The molecule has 0 radical (unpaired) electrons. The van der Waals surface area contributed by atoms with Crippen molar-refractivity contribution in [2.45, 2.75) is 97.1 Å². The number of nitriles is 1. The van der Waals surface area contributed by atoms with Gasteiger partial charge in [0.05, 0.1) is 23.4 Å². The van der Waals surface area contributed by atoms with Gasteiger partial charge in [0.25, 0.3) is 0 Å². The zero-order chi connectivity index (χ0) is 47.8. The van der Waals surface area contributed by atoms with Crippen LogP contribution in [0.15, 0.2) is 66.9 Å². The summed E-state index contributed by atoms with van der Waals surface area (Å²) in [4.78, 5) is 81.6. The van der Waals surface area contributed by atoms with E-state index in [2.05, 4.69) is 34.3 Å². The van der Waals surface area contributed by atoms with Crippen molar-refractivity contribution >= 4 is 29.2 Å². The number of nitrogens with two attached hydrogens (primary N) is 3. The topological polar surface area (TPSA) is 247 Å². The van der Waals surface area contributed by atoms with Crippen LogP contribution in [0.25, 0.3) is 22.5 Å². The van der Waals surface area contributed by atoms with Crippen LogP contribution in [0.5, 0.6) is 11.5 Å². The van der Waals surface area contributed by atoms with E-state index in [0.29, 0.717) is 51.7 Å². The van der Waals surface area contributed by atoms with Crippen LogP contribution in [0, 0.1) is 30.1 Å². The summed E-state index contributed by atoms with van der Waals surface area (Å²) in [5, 5.41) is 12.1. The molecule has 3 aromatic carbocycles. The van der Waals surface area contributed by atoms with E-state index in [0.717, 1.165) is 24.8 Å². The van der Waals surface area contributed by atoms with Gasteiger partial charge in [-0.2, -0.15) is 5.26 Å². The summed E-state index contributed by atoms with van der Waals surface area (Å²) in [6.07, 6.45) is 4.91. The monoisotopic (exact) mass is 900 g/mol. The minimum atomic E-state index is -1.23. The first-order valence-corrected chi connectivity index (χ1v) is 22.9. The van der Waals surface area contributed by atoms with Crippen LogP contribution in [0.1, 0.15) is 104 Å². The molecule has 15 heteroatoms. The fraction of sp³-hybridized carbons (Fsp3) is 0.451. The Kier molecular flexibility index (Phi) is 19.0. The Hall–Kier alpha value is -6.34. The van der Waals surface area contributed by atoms with Gasteiger partial charge >= 0.3 is 0 Å². The zero-order valence-corrected chi connectivity index (χ0v) is 38.6. The summed E-state index contributed by atoms with van der Waals surface area (Å²) in [6.45, 7) is 6.54. The zero-order valence-electron chi connectivity index (χ0n) is 38.6. The minimum absolute atomic E-state index is 0.0290. The number of benzene rings is 3. The van der Waals surface area contributed by atoms with Gasteiger partial charge in [-0.25, -0.2) is 9.97 Å². The lowest BCUT2D eigenvalue weighted by Gasteiger charge is -2.32.